The highest BCUT2D eigenvalue weighted by Gasteiger charge is 2.39. The second kappa shape index (κ2) is 4.77. The van der Waals surface area contributed by atoms with Crippen LogP contribution in [0.1, 0.15) is 24.6 Å². The Hall–Kier alpha value is -1.69. The first-order valence-electron chi connectivity index (χ1n) is 6.15. The molecule has 1 saturated heterocycles. The lowest BCUT2D eigenvalue weighted by molar-refractivity contribution is -0.125. The summed E-state index contributed by atoms with van der Waals surface area (Å²) in [5.41, 5.74) is 12.3. The summed E-state index contributed by atoms with van der Waals surface area (Å²) in [5.74, 6) is 0.532. The number of carbonyl (C=O) groups excluding carboxylic acids is 1. The molecule has 2 rings (SSSR count). The Labute approximate surface area is 118 Å². The van der Waals surface area contributed by atoms with Gasteiger partial charge in [-0.3, -0.25) is 4.79 Å². The Morgan fingerprint density at radius 3 is 2.68 bits per heavy atom. The van der Waals surface area contributed by atoms with E-state index in [1.807, 2.05) is 26.0 Å². The molecule has 0 radical (unpaired) electrons. The number of hydrogen-bond donors (Lipinski definition) is 2. The molecule has 1 amide bonds. The van der Waals surface area contributed by atoms with Crippen molar-refractivity contribution in [1.82, 2.24) is 4.98 Å². The summed E-state index contributed by atoms with van der Waals surface area (Å²) in [7, 11) is 0. The highest BCUT2D eigenvalue weighted by atomic mass is 32.1. The second-order valence-electron chi connectivity index (χ2n) is 5.32. The number of anilines is 1. The maximum Gasteiger partial charge on any atom is 0.225 e. The third-order valence-electron chi connectivity index (χ3n) is 3.62. The van der Waals surface area contributed by atoms with E-state index in [0.29, 0.717) is 11.5 Å². The minimum Gasteiger partial charge on any atom is -0.389 e. The fourth-order valence-electron chi connectivity index (χ4n) is 2.31. The van der Waals surface area contributed by atoms with Crippen molar-refractivity contribution in [2.75, 3.05) is 18.0 Å². The van der Waals surface area contributed by atoms with Crippen LogP contribution in [-0.2, 0) is 4.79 Å². The SMILES string of the molecule is Cc1cc(C(N)=S)cc(N2CCC(C)(C(N)=O)C2)n1. The van der Waals surface area contributed by atoms with Crippen molar-refractivity contribution in [1.29, 1.82) is 0 Å². The van der Waals surface area contributed by atoms with Crippen LogP contribution in [0, 0.1) is 12.3 Å². The molecule has 1 aliphatic heterocycles. The van der Waals surface area contributed by atoms with Crippen molar-refractivity contribution in [3.63, 3.8) is 0 Å². The van der Waals surface area contributed by atoms with Crippen molar-refractivity contribution < 1.29 is 4.79 Å². The standard InChI is InChI=1S/C13H18N4OS/c1-8-5-9(11(14)19)6-10(16-8)17-4-3-13(2,7-17)12(15)18/h5-6H,3-4,7H2,1-2H3,(H2,14,19)(H2,15,18). The van der Waals surface area contributed by atoms with E-state index < -0.39 is 5.41 Å². The summed E-state index contributed by atoms with van der Waals surface area (Å²) in [4.78, 5) is 18.4. The average molecular weight is 278 g/mol. The van der Waals surface area contributed by atoms with Crippen LogP contribution in [0.5, 0.6) is 0 Å². The fourth-order valence-corrected chi connectivity index (χ4v) is 2.43. The Morgan fingerprint density at radius 2 is 2.16 bits per heavy atom. The molecule has 102 valence electrons. The van der Waals surface area contributed by atoms with Crippen LogP contribution in [0.4, 0.5) is 5.82 Å². The molecule has 2 heterocycles. The van der Waals surface area contributed by atoms with E-state index in [0.717, 1.165) is 30.0 Å². The smallest absolute Gasteiger partial charge is 0.225 e. The van der Waals surface area contributed by atoms with Gasteiger partial charge in [0.2, 0.25) is 5.91 Å². The lowest BCUT2D eigenvalue weighted by Crippen LogP contribution is -2.37. The number of amides is 1. The first-order chi connectivity index (χ1) is 8.82. The van der Waals surface area contributed by atoms with E-state index in [1.165, 1.54) is 0 Å². The van der Waals surface area contributed by atoms with Crippen LogP contribution in [0.2, 0.25) is 0 Å². The predicted octanol–water partition coefficient (Wildman–Crippen LogP) is 0.726. The van der Waals surface area contributed by atoms with Gasteiger partial charge in [0.15, 0.2) is 0 Å². The molecule has 19 heavy (non-hydrogen) atoms. The van der Waals surface area contributed by atoms with Crippen molar-refractivity contribution in [3.8, 4) is 0 Å². The zero-order valence-corrected chi connectivity index (χ0v) is 12.0. The number of thiocarbonyl (C=S) groups is 1. The zero-order chi connectivity index (χ0) is 14.2. The van der Waals surface area contributed by atoms with E-state index in [4.69, 9.17) is 23.7 Å². The molecule has 1 fully saturated rings. The largest absolute Gasteiger partial charge is 0.389 e. The average Bonchev–Trinajstić information content (AvgIpc) is 2.72. The van der Waals surface area contributed by atoms with Gasteiger partial charge in [-0.1, -0.05) is 12.2 Å². The summed E-state index contributed by atoms with van der Waals surface area (Å²) in [6, 6.07) is 3.72. The van der Waals surface area contributed by atoms with Crippen LogP contribution in [0.3, 0.4) is 0 Å². The summed E-state index contributed by atoms with van der Waals surface area (Å²) in [6.45, 7) is 5.12. The second-order valence-corrected chi connectivity index (χ2v) is 5.76. The molecule has 0 bridgehead atoms. The number of aromatic nitrogens is 1. The quantitative estimate of drug-likeness (QED) is 0.796. The van der Waals surface area contributed by atoms with Crippen LogP contribution in [0.25, 0.3) is 0 Å². The van der Waals surface area contributed by atoms with E-state index in [9.17, 15) is 4.79 Å². The van der Waals surface area contributed by atoms with Crippen molar-refractivity contribution in [3.05, 3.63) is 23.4 Å². The lowest BCUT2D eigenvalue weighted by atomic mass is 9.89. The fraction of sp³-hybridized carbons (Fsp3) is 0.462. The Kier molecular flexibility index (Phi) is 3.45. The number of rotatable bonds is 3. The molecule has 1 aromatic rings. The molecular formula is C13H18N4OS. The molecule has 1 aromatic heterocycles. The van der Waals surface area contributed by atoms with Crippen LogP contribution in [-0.4, -0.2) is 29.0 Å². The number of aryl methyl sites for hydroxylation is 1. The van der Waals surface area contributed by atoms with Gasteiger partial charge in [-0.25, -0.2) is 4.98 Å². The van der Waals surface area contributed by atoms with E-state index in [1.54, 1.807) is 0 Å². The topological polar surface area (TPSA) is 85.2 Å². The molecule has 1 unspecified atom stereocenters. The Balaban J connectivity index is 2.29. The molecule has 0 aliphatic carbocycles. The number of carbonyl (C=O) groups is 1. The number of primary amides is 1. The van der Waals surface area contributed by atoms with Gasteiger partial charge in [-0.2, -0.15) is 0 Å². The van der Waals surface area contributed by atoms with E-state index in [-0.39, 0.29) is 5.91 Å². The summed E-state index contributed by atoms with van der Waals surface area (Å²) in [5, 5.41) is 0. The van der Waals surface area contributed by atoms with Crippen LogP contribution in [0.15, 0.2) is 12.1 Å². The Morgan fingerprint density at radius 1 is 1.47 bits per heavy atom. The van der Waals surface area contributed by atoms with Crippen LogP contribution >= 0.6 is 12.2 Å². The third-order valence-corrected chi connectivity index (χ3v) is 3.85. The summed E-state index contributed by atoms with van der Waals surface area (Å²) in [6.07, 6.45) is 0.736. The lowest BCUT2D eigenvalue weighted by Gasteiger charge is -2.22. The number of pyridine rings is 1. The number of hydrogen-bond acceptors (Lipinski definition) is 4. The van der Waals surface area contributed by atoms with Gasteiger partial charge in [0.25, 0.3) is 0 Å². The van der Waals surface area contributed by atoms with Crippen molar-refractivity contribution >= 4 is 28.9 Å². The highest BCUT2D eigenvalue weighted by molar-refractivity contribution is 7.80. The van der Waals surface area contributed by atoms with E-state index >= 15 is 0 Å². The van der Waals surface area contributed by atoms with Gasteiger partial charge in [0.1, 0.15) is 10.8 Å². The summed E-state index contributed by atoms with van der Waals surface area (Å²) < 4.78 is 0. The molecular weight excluding hydrogens is 260 g/mol. The van der Waals surface area contributed by atoms with Gasteiger partial charge in [0.05, 0.1) is 5.41 Å². The highest BCUT2D eigenvalue weighted by Crippen LogP contribution is 2.32. The van der Waals surface area contributed by atoms with Crippen molar-refractivity contribution in [2.45, 2.75) is 20.3 Å². The minimum absolute atomic E-state index is 0.266. The third kappa shape index (κ3) is 2.68. The minimum atomic E-state index is -0.491. The molecule has 0 saturated carbocycles. The van der Waals surface area contributed by atoms with Crippen molar-refractivity contribution in [2.24, 2.45) is 16.9 Å². The molecule has 1 atom stereocenters. The first-order valence-corrected chi connectivity index (χ1v) is 6.56. The van der Waals surface area contributed by atoms with Gasteiger partial charge in [-0.15, -0.1) is 0 Å². The Bertz CT molecular complexity index is 545. The van der Waals surface area contributed by atoms with Gasteiger partial charge in [-0.05, 0) is 32.4 Å². The molecule has 5 nitrogen and oxygen atoms in total. The van der Waals surface area contributed by atoms with Gasteiger partial charge < -0.3 is 16.4 Å². The molecule has 0 spiro atoms. The van der Waals surface area contributed by atoms with Gasteiger partial charge >= 0.3 is 0 Å². The maximum absolute atomic E-state index is 11.5. The van der Waals surface area contributed by atoms with E-state index in [2.05, 4.69) is 9.88 Å². The molecule has 1 aliphatic rings. The zero-order valence-electron chi connectivity index (χ0n) is 11.1. The molecule has 0 aromatic carbocycles. The number of nitrogens with two attached hydrogens (primary N) is 2. The van der Waals surface area contributed by atoms with Gasteiger partial charge in [0, 0.05) is 24.3 Å². The van der Waals surface area contributed by atoms with Crippen LogP contribution < -0.4 is 16.4 Å². The molecule has 6 heteroatoms. The normalized spacial score (nSPS) is 22.5. The number of nitrogens with zero attached hydrogens (tertiary/aromatic N) is 2. The monoisotopic (exact) mass is 278 g/mol. The maximum atomic E-state index is 11.5. The summed E-state index contributed by atoms with van der Waals surface area (Å²) >= 11 is 5.00. The first kappa shape index (κ1) is 13.7. The predicted molar refractivity (Wildman–Crippen MR) is 79.0 cm³/mol. The molecule has 4 N–H and O–H groups in total.